The molecule has 166 valence electrons. The third-order valence-corrected chi connectivity index (χ3v) is 10.3. The van der Waals surface area contributed by atoms with Gasteiger partial charge in [-0.1, -0.05) is 146 Å². The first-order valence-electron chi connectivity index (χ1n) is 11.0. The van der Waals surface area contributed by atoms with Crippen molar-refractivity contribution in [3.63, 3.8) is 0 Å². The minimum Gasteiger partial charge on any atom is -0.0837 e. The van der Waals surface area contributed by atoms with E-state index >= 15 is 0 Å². The molecule has 0 aliphatic heterocycles. The second kappa shape index (κ2) is 9.97. The summed E-state index contributed by atoms with van der Waals surface area (Å²) >= 11 is 13.2. The predicted molar refractivity (Wildman–Crippen MR) is 153 cm³/mol. The van der Waals surface area contributed by atoms with Crippen LogP contribution in [0.15, 0.2) is 60.7 Å². The molecule has 0 N–H and O–H groups in total. The number of benzene rings is 3. The van der Waals surface area contributed by atoms with Gasteiger partial charge in [-0.2, -0.15) is 0 Å². The lowest BCUT2D eigenvalue weighted by Crippen LogP contribution is -2.37. The highest BCUT2D eigenvalue weighted by Crippen LogP contribution is 2.30. The van der Waals surface area contributed by atoms with Crippen LogP contribution in [0.1, 0.15) is 22.3 Å². The summed E-state index contributed by atoms with van der Waals surface area (Å²) in [5.41, 5.74) is 4.24. The zero-order chi connectivity index (χ0) is 23.5. The van der Waals surface area contributed by atoms with Crippen LogP contribution >= 0.6 is 23.2 Å². The molecule has 0 spiro atoms. The van der Waals surface area contributed by atoms with E-state index in [9.17, 15) is 0 Å². The standard InChI is InChI=1S/C28H32Cl2Si2/c1-31(2,3)23-11-7-9-21(19-23)13-15-25-26(28(30)18-17-27(25)29)16-14-22-10-8-12-24(20-22)32(4,5)6/h7-20H,1-6H3/b15-13-,16-14-. The van der Waals surface area contributed by atoms with Crippen LogP contribution in [0.3, 0.4) is 0 Å². The molecule has 0 fully saturated rings. The Morgan fingerprint density at radius 2 is 0.906 bits per heavy atom. The lowest BCUT2D eigenvalue weighted by atomic mass is 10.0. The summed E-state index contributed by atoms with van der Waals surface area (Å²) in [5.74, 6) is 0. The SMILES string of the molecule is C[Si](C)(C)c1cccc(/C=C\c2c(Cl)ccc(Cl)c2/C=C\c2cccc([Si](C)(C)C)c2)c1. The Balaban J connectivity index is 1.97. The maximum Gasteiger partial charge on any atom is 0.0776 e. The van der Waals surface area contributed by atoms with E-state index < -0.39 is 16.1 Å². The fourth-order valence-electron chi connectivity index (χ4n) is 3.50. The van der Waals surface area contributed by atoms with Crippen LogP contribution in [0.4, 0.5) is 0 Å². The van der Waals surface area contributed by atoms with Crippen LogP contribution in [0.25, 0.3) is 24.3 Å². The van der Waals surface area contributed by atoms with Crippen molar-refractivity contribution in [2.45, 2.75) is 39.3 Å². The summed E-state index contributed by atoms with van der Waals surface area (Å²) < 4.78 is 0. The van der Waals surface area contributed by atoms with Crippen LogP contribution in [0, 0.1) is 0 Å². The van der Waals surface area contributed by atoms with Gasteiger partial charge in [0.25, 0.3) is 0 Å². The van der Waals surface area contributed by atoms with Gasteiger partial charge in [0.2, 0.25) is 0 Å². The van der Waals surface area contributed by atoms with Gasteiger partial charge in [0.05, 0.1) is 16.1 Å². The van der Waals surface area contributed by atoms with E-state index in [-0.39, 0.29) is 0 Å². The molecule has 0 unspecified atom stereocenters. The lowest BCUT2D eigenvalue weighted by Gasteiger charge is -2.17. The fraction of sp³-hybridized carbons (Fsp3) is 0.214. The molecule has 0 amide bonds. The molecule has 32 heavy (non-hydrogen) atoms. The molecule has 0 heterocycles. The van der Waals surface area contributed by atoms with Crippen molar-refractivity contribution in [2.24, 2.45) is 0 Å². The summed E-state index contributed by atoms with van der Waals surface area (Å²) in [7, 11) is -2.72. The highest BCUT2D eigenvalue weighted by molar-refractivity contribution is 6.89. The summed E-state index contributed by atoms with van der Waals surface area (Å²) in [6.07, 6.45) is 8.42. The zero-order valence-corrected chi connectivity index (χ0v) is 23.4. The molecule has 0 saturated heterocycles. The third-order valence-electron chi connectivity index (χ3n) is 5.57. The molecule has 0 aromatic heterocycles. The molecule has 0 atom stereocenters. The molecule has 3 aromatic carbocycles. The van der Waals surface area contributed by atoms with Gasteiger partial charge in [-0.05, 0) is 23.3 Å². The Labute approximate surface area is 205 Å². The highest BCUT2D eigenvalue weighted by Gasteiger charge is 2.17. The van der Waals surface area contributed by atoms with Crippen molar-refractivity contribution < 1.29 is 0 Å². The molecule has 0 nitrogen and oxygen atoms in total. The Kier molecular flexibility index (Phi) is 7.72. The van der Waals surface area contributed by atoms with Crippen molar-refractivity contribution >= 4 is 74.0 Å². The van der Waals surface area contributed by atoms with E-state index in [4.69, 9.17) is 23.2 Å². The van der Waals surface area contributed by atoms with Crippen molar-refractivity contribution in [2.75, 3.05) is 0 Å². The first-order chi connectivity index (χ1) is 14.9. The summed E-state index contributed by atoms with van der Waals surface area (Å²) in [6, 6.07) is 21.3. The third kappa shape index (κ3) is 6.35. The van der Waals surface area contributed by atoms with Crippen LogP contribution in [-0.4, -0.2) is 16.1 Å². The maximum atomic E-state index is 6.61. The van der Waals surface area contributed by atoms with Gasteiger partial charge < -0.3 is 0 Å². The van der Waals surface area contributed by atoms with Crippen molar-refractivity contribution in [3.8, 4) is 0 Å². The average Bonchev–Trinajstić information content (AvgIpc) is 2.72. The smallest absolute Gasteiger partial charge is 0.0776 e. The number of hydrogen-bond donors (Lipinski definition) is 0. The molecule has 3 rings (SSSR count). The topological polar surface area (TPSA) is 0 Å². The minimum absolute atomic E-state index is 0.697. The van der Waals surface area contributed by atoms with Crippen molar-refractivity contribution in [3.05, 3.63) is 93.0 Å². The molecule has 0 bridgehead atoms. The second-order valence-corrected chi connectivity index (χ2v) is 21.2. The number of halogens is 2. The average molecular weight is 496 g/mol. The largest absolute Gasteiger partial charge is 0.0837 e. The first kappa shape index (κ1) is 24.8. The lowest BCUT2D eigenvalue weighted by molar-refractivity contribution is 1.60. The second-order valence-electron chi connectivity index (χ2n) is 10.3. The fourth-order valence-corrected chi connectivity index (χ4v) is 6.35. The van der Waals surface area contributed by atoms with Gasteiger partial charge in [0.1, 0.15) is 0 Å². The van der Waals surface area contributed by atoms with Crippen LogP contribution in [-0.2, 0) is 0 Å². The zero-order valence-electron chi connectivity index (χ0n) is 19.8. The summed E-state index contributed by atoms with van der Waals surface area (Å²) in [5, 5.41) is 4.28. The first-order valence-corrected chi connectivity index (χ1v) is 18.8. The maximum absolute atomic E-state index is 6.61. The van der Waals surface area contributed by atoms with E-state index in [1.165, 1.54) is 21.5 Å². The van der Waals surface area contributed by atoms with Gasteiger partial charge in [0, 0.05) is 21.2 Å². The van der Waals surface area contributed by atoms with Crippen molar-refractivity contribution in [1.29, 1.82) is 0 Å². The highest BCUT2D eigenvalue weighted by atomic mass is 35.5. The summed E-state index contributed by atoms with van der Waals surface area (Å²) in [6.45, 7) is 14.2. The molecule has 0 aliphatic carbocycles. The quantitative estimate of drug-likeness (QED) is 0.238. The minimum atomic E-state index is -1.36. The molecule has 0 saturated carbocycles. The molecule has 0 radical (unpaired) electrons. The van der Waals surface area contributed by atoms with Gasteiger partial charge in [0.15, 0.2) is 0 Å². The molecule has 0 aliphatic rings. The number of hydrogen-bond acceptors (Lipinski definition) is 0. The predicted octanol–water partition coefficient (Wildman–Crippen LogP) is 8.42. The molecule has 4 heteroatoms. The normalized spacial score (nSPS) is 12.8. The Morgan fingerprint density at radius 3 is 1.25 bits per heavy atom. The Bertz CT molecular complexity index is 1070. The van der Waals surface area contributed by atoms with E-state index in [1.807, 2.05) is 12.1 Å². The molecular weight excluding hydrogens is 463 g/mol. The van der Waals surface area contributed by atoms with Gasteiger partial charge in [-0.15, -0.1) is 0 Å². The summed E-state index contributed by atoms with van der Waals surface area (Å²) in [4.78, 5) is 0. The van der Waals surface area contributed by atoms with Gasteiger partial charge in [-0.25, -0.2) is 0 Å². The van der Waals surface area contributed by atoms with E-state index in [2.05, 4.69) is 112 Å². The van der Waals surface area contributed by atoms with E-state index in [1.54, 1.807) is 0 Å². The van der Waals surface area contributed by atoms with Crippen LogP contribution in [0.2, 0.25) is 49.3 Å². The van der Waals surface area contributed by atoms with Gasteiger partial charge >= 0.3 is 0 Å². The van der Waals surface area contributed by atoms with Crippen LogP contribution in [0.5, 0.6) is 0 Å². The monoisotopic (exact) mass is 494 g/mol. The Hall–Kier alpha value is -1.85. The van der Waals surface area contributed by atoms with Crippen molar-refractivity contribution in [1.82, 2.24) is 0 Å². The molecular formula is C28H32Cl2Si2. The van der Waals surface area contributed by atoms with E-state index in [0.29, 0.717) is 10.0 Å². The van der Waals surface area contributed by atoms with Gasteiger partial charge in [-0.3, -0.25) is 0 Å². The van der Waals surface area contributed by atoms with E-state index in [0.717, 1.165) is 11.1 Å². The number of rotatable bonds is 6. The van der Waals surface area contributed by atoms with Crippen LogP contribution < -0.4 is 10.4 Å². The Morgan fingerprint density at radius 1 is 0.531 bits per heavy atom. The molecule has 3 aromatic rings.